The van der Waals surface area contributed by atoms with E-state index in [1.165, 1.54) is 12.1 Å². The van der Waals surface area contributed by atoms with Gasteiger partial charge in [0.05, 0.1) is 6.04 Å². The third-order valence-electron chi connectivity index (χ3n) is 2.47. The van der Waals surface area contributed by atoms with Gasteiger partial charge in [-0.2, -0.15) is 0 Å². The number of carboxylic acids is 1. The molecule has 18 heavy (non-hydrogen) atoms. The number of nitrogens with one attached hydrogen (secondary N) is 1. The summed E-state index contributed by atoms with van der Waals surface area (Å²) in [6.07, 6.45) is -0.0680. The highest BCUT2D eigenvalue weighted by Gasteiger charge is 2.15. The number of carboxylic acid groups (broad SMARTS) is 1. The van der Waals surface area contributed by atoms with Crippen LogP contribution in [-0.4, -0.2) is 28.1 Å². The van der Waals surface area contributed by atoms with E-state index in [9.17, 15) is 14.7 Å². The van der Waals surface area contributed by atoms with Crippen LogP contribution in [0.15, 0.2) is 18.2 Å². The van der Waals surface area contributed by atoms with Gasteiger partial charge in [0, 0.05) is 12.1 Å². The first-order valence-electron chi connectivity index (χ1n) is 5.48. The summed E-state index contributed by atoms with van der Waals surface area (Å²) < 4.78 is 0. The molecule has 6 nitrogen and oxygen atoms in total. The summed E-state index contributed by atoms with van der Waals surface area (Å²) in [4.78, 5) is 22.0. The number of benzene rings is 1. The van der Waals surface area contributed by atoms with Crippen molar-refractivity contribution in [2.24, 2.45) is 5.73 Å². The van der Waals surface area contributed by atoms with E-state index in [1.54, 1.807) is 13.0 Å². The van der Waals surface area contributed by atoms with Crippen molar-refractivity contribution in [1.29, 1.82) is 0 Å². The zero-order valence-electron chi connectivity index (χ0n) is 10.0. The molecule has 0 aliphatic rings. The highest BCUT2D eigenvalue weighted by molar-refractivity contribution is 5.95. The van der Waals surface area contributed by atoms with Gasteiger partial charge < -0.3 is 21.3 Å². The zero-order valence-corrected chi connectivity index (χ0v) is 10.0. The first-order chi connectivity index (χ1) is 8.40. The molecule has 0 saturated heterocycles. The average molecular weight is 252 g/mol. The van der Waals surface area contributed by atoms with Crippen molar-refractivity contribution in [3.05, 3.63) is 23.8 Å². The SMILES string of the molecule is Cc1cc(O)ccc1NC(=O)C(N)CCC(=O)O. The molecule has 1 aromatic rings. The van der Waals surface area contributed by atoms with Crippen molar-refractivity contribution in [3.8, 4) is 5.75 Å². The van der Waals surface area contributed by atoms with Crippen molar-refractivity contribution in [2.45, 2.75) is 25.8 Å². The molecule has 1 atom stereocenters. The van der Waals surface area contributed by atoms with Crippen LogP contribution in [0.1, 0.15) is 18.4 Å². The molecule has 0 radical (unpaired) electrons. The molecule has 0 saturated carbocycles. The van der Waals surface area contributed by atoms with E-state index in [-0.39, 0.29) is 18.6 Å². The maximum absolute atomic E-state index is 11.7. The van der Waals surface area contributed by atoms with Gasteiger partial charge >= 0.3 is 5.97 Å². The van der Waals surface area contributed by atoms with E-state index in [0.29, 0.717) is 11.3 Å². The quantitative estimate of drug-likeness (QED) is 0.580. The predicted octanol–water partition coefficient (Wildman–Crippen LogP) is 0.831. The molecule has 0 aliphatic carbocycles. The third-order valence-corrected chi connectivity index (χ3v) is 2.47. The Morgan fingerprint density at radius 2 is 2.11 bits per heavy atom. The largest absolute Gasteiger partial charge is 0.508 e. The zero-order chi connectivity index (χ0) is 13.7. The van der Waals surface area contributed by atoms with Gasteiger partial charge in [-0.05, 0) is 37.1 Å². The van der Waals surface area contributed by atoms with Crippen LogP contribution in [0.2, 0.25) is 0 Å². The van der Waals surface area contributed by atoms with Gasteiger partial charge in [0.15, 0.2) is 0 Å². The van der Waals surface area contributed by atoms with Crippen LogP contribution < -0.4 is 11.1 Å². The van der Waals surface area contributed by atoms with Crippen molar-refractivity contribution < 1.29 is 19.8 Å². The number of amides is 1. The number of hydrogen-bond acceptors (Lipinski definition) is 4. The van der Waals surface area contributed by atoms with E-state index >= 15 is 0 Å². The van der Waals surface area contributed by atoms with Crippen LogP contribution in [0.4, 0.5) is 5.69 Å². The molecule has 6 heteroatoms. The standard InChI is InChI=1S/C12H16N2O4/c1-7-6-8(15)2-4-10(7)14-12(18)9(13)3-5-11(16)17/h2,4,6,9,15H,3,5,13H2,1H3,(H,14,18)(H,16,17). The Kier molecular flexibility index (Phi) is 4.67. The molecular formula is C12H16N2O4. The molecule has 5 N–H and O–H groups in total. The Hall–Kier alpha value is -2.08. The van der Waals surface area contributed by atoms with E-state index in [1.807, 2.05) is 0 Å². The molecule has 98 valence electrons. The van der Waals surface area contributed by atoms with Gasteiger partial charge in [0.25, 0.3) is 0 Å². The number of rotatable bonds is 5. The van der Waals surface area contributed by atoms with Crippen LogP contribution in [0, 0.1) is 6.92 Å². The molecule has 1 aromatic carbocycles. The predicted molar refractivity (Wildman–Crippen MR) is 66.3 cm³/mol. The molecule has 0 heterocycles. The second-order valence-electron chi connectivity index (χ2n) is 4.03. The Morgan fingerprint density at radius 3 is 2.67 bits per heavy atom. The smallest absolute Gasteiger partial charge is 0.303 e. The van der Waals surface area contributed by atoms with Crippen LogP contribution in [0.5, 0.6) is 5.75 Å². The van der Waals surface area contributed by atoms with Gasteiger partial charge in [-0.3, -0.25) is 9.59 Å². The number of aromatic hydroxyl groups is 1. The normalized spacial score (nSPS) is 11.9. The summed E-state index contributed by atoms with van der Waals surface area (Å²) in [5.41, 5.74) is 6.82. The summed E-state index contributed by atoms with van der Waals surface area (Å²) in [5, 5.41) is 20.3. The van der Waals surface area contributed by atoms with Gasteiger partial charge in [-0.1, -0.05) is 0 Å². The maximum Gasteiger partial charge on any atom is 0.303 e. The fourth-order valence-corrected chi connectivity index (χ4v) is 1.42. The fraction of sp³-hybridized carbons (Fsp3) is 0.333. The first-order valence-corrected chi connectivity index (χ1v) is 5.48. The lowest BCUT2D eigenvalue weighted by Gasteiger charge is -2.13. The van der Waals surface area contributed by atoms with E-state index in [4.69, 9.17) is 10.8 Å². The second kappa shape index (κ2) is 6.02. The lowest BCUT2D eigenvalue weighted by Crippen LogP contribution is -2.36. The van der Waals surface area contributed by atoms with Crippen LogP contribution in [0.25, 0.3) is 0 Å². The lowest BCUT2D eigenvalue weighted by atomic mass is 10.1. The molecule has 0 aromatic heterocycles. The molecule has 1 unspecified atom stereocenters. The number of aryl methyl sites for hydroxylation is 1. The van der Waals surface area contributed by atoms with E-state index in [0.717, 1.165) is 0 Å². The van der Waals surface area contributed by atoms with Gasteiger partial charge in [0.1, 0.15) is 5.75 Å². The van der Waals surface area contributed by atoms with Crippen molar-refractivity contribution >= 4 is 17.6 Å². The minimum absolute atomic E-state index is 0.0816. The summed E-state index contributed by atoms with van der Waals surface area (Å²) in [7, 11) is 0. The number of carbonyl (C=O) groups is 2. The molecular weight excluding hydrogens is 236 g/mol. The fourth-order valence-electron chi connectivity index (χ4n) is 1.42. The Morgan fingerprint density at radius 1 is 1.44 bits per heavy atom. The molecule has 0 aliphatic heterocycles. The number of phenols is 1. The Labute approximate surface area is 104 Å². The minimum Gasteiger partial charge on any atom is -0.508 e. The first kappa shape index (κ1) is 14.0. The monoisotopic (exact) mass is 252 g/mol. The molecule has 0 fully saturated rings. The summed E-state index contributed by atoms with van der Waals surface area (Å²) in [6.45, 7) is 1.73. The number of anilines is 1. The number of carbonyl (C=O) groups excluding carboxylic acids is 1. The molecule has 0 spiro atoms. The number of aliphatic carboxylic acids is 1. The Balaban J connectivity index is 2.61. The van der Waals surface area contributed by atoms with Gasteiger partial charge in [-0.25, -0.2) is 0 Å². The van der Waals surface area contributed by atoms with Crippen molar-refractivity contribution in [1.82, 2.24) is 0 Å². The number of hydrogen-bond donors (Lipinski definition) is 4. The third kappa shape index (κ3) is 4.06. The van der Waals surface area contributed by atoms with E-state index in [2.05, 4.69) is 5.32 Å². The van der Waals surface area contributed by atoms with Crippen molar-refractivity contribution in [2.75, 3.05) is 5.32 Å². The molecule has 0 bridgehead atoms. The summed E-state index contributed by atoms with van der Waals surface area (Å²) in [5.74, 6) is -1.32. The second-order valence-corrected chi connectivity index (χ2v) is 4.03. The average Bonchev–Trinajstić information content (AvgIpc) is 2.29. The number of nitrogens with two attached hydrogens (primary N) is 1. The highest BCUT2D eigenvalue weighted by atomic mass is 16.4. The number of phenolic OH excluding ortho intramolecular Hbond substituents is 1. The summed E-state index contributed by atoms with van der Waals surface area (Å²) >= 11 is 0. The summed E-state index contributed by atoms with van der Waals surface area (Å²) in [6, 6.07) is 3.66. The Bertz CT molecular complexity index is 459. The minimum atomic E-state index is -0.987. The maximum atomic E-state index is 11.7. The van der Waals surface area contributed by atoms with E-state index < -0.39 is 17.9 Å². The van der Waals surface area contributed by atoms with Crippen LogP contribution in [0.3, 0.4) is 0 Å². The molecule has 1 amide bonds. The molecule has 1 rings (SSSR count). The van der Waals surface area contributed by atoms with Gasteiger partial charge in [-0.15, -0.1) is 0 Å². The van der Waals surface area contributed by atoms with Crippen LogP contribution in [-0.2, 0) is 9.59 Å². The topological polar surface area (TPSA) is 113 Å². The lowest BCUT2D eigenvalue weighted by molar-refractivity contribution is -0.137. The van der Waals surface area contributed by atoms with Crippen LogP contribution >= 0.6 is 0 Å². The van der Waals surface area contributed by atoms with Crippen molar-refractivity contribution in [3.63, 3.8) is 0 Å². The van der Waals surface area contributed by atoms with Gasteiger partial charge in [0.2, 0.25) is 5.91 Å². The highest BCUT2D eigenvalue weighted by Crippen LogP contribution is 2.20.